The lowest BCUT2D eigenvalue weighted by Crippen LogP contribution is -2.24. The van der Waals surface area contributed by atoms with Crippen LogP contribution in [0.15, 0.2) is 67.1 Å². The van der Waals surface area contributed by atoms with Gasteiger partial charge >= 0.3 is 0 Å². The lowest BCUT2D eigenvalue weighted by atomic mass is 9.86. The summed E-state index contributed by atoms with van der Waals surface area (Å²) < 4.78 is 2.08. The van der Waals surface area contributed by atoms with Crippen LogP contribution in [0, 0.1) is 5.92 Å². The van der Waals surface area contributed by atoms with Crippen LogP contribution in [-0.4, -0.2) is 31.3 Å². The van der Waals surface area contributed by atoms with Crippen LogP contribution in [0.4, 0.5) is 0 Å². The Morgan fingerprint density at radius 2 is 1.82 bits per heavy atom. The monoisotopic (exact) mass is 468 g/mol. The minimum absolute atomic E-state index is 0.302. The van der Waals surface area contributed by atoms with Gasteiger partial charge in [-0.2, -0.15) is 5.10 Å². The van der Waals surface area contributed by atoms with Crippen LogP contribution in [0.1, 0.15) is 31.7 Å². The number of rotatable bonds is 4. The third-order valence-electron chi connectivity index (χ3n) is 6.97. The fourth-order valence-electron chi connectivity index (χ4n) is 5.05. The molecule has 3 aromatic heterocycles. The van der Waals surface area contributed by atoms with Gasteiger partial charge in [0, 0.05) is 22.7 Å². The van der Waals surface area contributed by atoms with E-state index in [2.05, 4.69) is 32.8 Å². The van der Waals surface area contributed by atoms with Crippen LogP contribution < -0.4 is 5.73 Å². The van der Waals surface area contributed by atoms with E-state index >= 15 is 0 Å². The summed E-state index contributed by atoms with van der Waals surface area (Å²) in [5, 5.41) is 7.60. The summed E-state index contributed by atoms with van der Waals surface area (Å²) in [6, 6.07) is 18.6. The van der Waals surface area contributed by atoms with Gasteiger partial charge in [-0.15, -0.1) is 0 Å². The largest absolute Gasteiger partial charge is 0.330 e. The Kier molecular flexibility index (Phi) is 5.47. The molecule has 170 valence electrons. The maximum atomic E-state index is 6.80. The highest BCUT2D eigenvalue weighted by Gasteiger charge is 2.26. The zero-order valence-corrected chi connectivity index (χ0v) is 19.5. The van der Waals surface area contributed by atoms with E-state index in [1.807, 2.05) is 42.6 Å². The van der Waals surface area contributed by atoms with Gasteiger partial charge in [-0.1, -0.05) is 48.0 Å². The van der Waals surface area contributed by atoms with Gasteiger partial charge < -0.3 is 5.73 Å². The zero-order valence-electron chi connectivity index (χ0n) is 18.7. The smallest absolute Gasteiger partial charge is 0.162 e. The molecule has 0 amide bonds. The average Bonchev–Trinajstić information content (AvgIpc) is 3.28. The van der Waals surface area contributed by atoms with Crippen molar-refractivity contribution in [3.63, 3.8) is 0 Å². The second-order valence-corrected chi connectivity index (χ2v) is 9.46. The molecule has 6 rings (SSSR count). The van der Waals surface area contributed by atoms with E-state index in [0.717, 1.165) is 76.7 Å². The van der Waals surface area contributed by atoms with E-state index in [0.29, 0.717) is 17.0 Å². The molecule has 0 radical (unpaired) electrons. The number of nitrogens with two attached hydrogens (primary N) is 1. The Hall–Kier alpha value is -3.35. The molecule has 0 aliphatic heterocycles. The van der Waals surface area contributed by atoms with Crippen LogP contribution in [0.3, 0.4) is 0 Å². The fraction of sp³-hybridized carbons (Fsp3) is 0.259. The molecule has 0 bridgehead atoms. The number of benzene rings is 2. The van der Waals surface area contributed by atoms with Crippen molar-refractivity contribution in [1.29, 1.82) is 0 Å². The molecule has 1 fully saturated rings. The molecule has 1 aliphatic rings. The zero-order chi connectivity index (χ0) is 23.1. The summed E-state index contributed by atoms with van der Waals surface area (Å²) in [7, 11) is 0. The molecule has 6 nitrogen and oxygen atoms in total. The third-order valence-corrected chi connectivity index (χ3v) is 7.28. The van der Waals surface area contributed by atoms with Gasteiger partial charge in [-0.3, -0.25) is 0 Å². The highest BCUT2D eigenvalue weighted by atomic mass is 35.5. The van der Waals surface area contributed by atoms with Crippen molar-refractivity contribution in [2.24, 2.45) is 11.7 Å². The lowest BCUT2D eigenvalue weighted by Gasteiger charge is -2.27. The Morgan fingerprint density at radius 3 is 2.62 bits per heavy atom. The van der Waals surface area contributed by atoms with Gasteiger partial charge in [0.1, 0.15) is 12.0 Å². The van der Waals surface area contributed by atoms with Gasteiger partial charge in [0.05, 0.1) is 27.7 Å². The number of halogens is 1. The summed E-state index contributed by atoms with van der Waals surface area (Å²) in [5.41, 5.74) is 11.3. The summed E-state index contributed by atoms with van der Waals surface area (Å²) >= 11 is 6.80. The van der Waals surface area contributed by atoms with Gasteiger partial charge in [0.2, 0.25) is 0 Å². The molecular weight excluding hydrogens is 444 g/mol. The standard InChI is InChI=1S/C27H25ClN6/c28-23-12-19-8-11-24(18-4-2-1-3-5-18)32-25(19)13-21(23)26-22-15-30-16-31-27(22)34(33-26)20-9-6-17(14-29)7-10-20/h1-5,8,11-13,15-17,20H,6-7,9-10,14,29H2. The molecule has 0 atom stereocenters. The lowest BCUT2D eigenvalue weighted by molar-refractivity contribution is 0.269. The first kappa shape index (κ1) is 21.2. The average molecular weight is 469 g/mol. The first-order chi connectivity index (χ1) is 16.7. The van der Waals surface area contributed by atoms with E-state index in [1.165, 1.54) is 0 Å². The van der Waals surface area contributed by atoms with E-state index in [1.54, 1.807) is 6.33 Å². The Labute approximate surface area is 202 Å². The maximum absolute atomic E-state index is 6.80. The highest BCUT2D eigenvalue weighted by Crippen LogP contribution is 2.38. The number of aromatic nitrogens is 5. The van der Waals surface area contributed by atoms with Crippen molar-refractivity contribution < 1.29 is 0 Å². The van der Waals surface area contributed by atoms with Crippen LogP contribution in [0.2, 0.25) is 5.02 Å². The summed E-state index contributed by atoms with van der Waals surface area (Å²) in [6.45, 7) is 0.755. The first-order valence-corrected chi connectivity index (χ1v) is 12.1. The highest BCUT2D eigenvalue weighted by molar-refractivity contribution is 6.34. The van der Waals surface area contributed by atoms with Crippen LogP contribution in [0.25, 0.3) is 44.5 Å². The predicted octanol–water partition coefficient (Wildman–Crippen LogP) is 6.05. The van der Waals surface area contributed by atoms with Gasteiger partial charge in [-0.25, -0.2) is 19.6 Å². The molecule has 0 spiro atoms. The number of fused-ring (bicyclic) bond motifs is 2. The third kappa shape index (κ3) is 3.73. The van der Waals surface area contributed by atoms with Crippen molar-refractivity contribution in [2.45, 2.75) is 31.7 Å². The van der Waals surface area contributed by atoms with Crippen molar-refractivity contribution in [3.05, 3.63) is 72.1 Å². The molecule has 3 heterocycles. The Morgan fingerprint density at radius 1 is 1.00 bits per heavy atom. The van der Waals surface area contributed by atoms with Crippen LogP contribution >= 0.6 is 11.6 Å². The molecule has 34 heavy (non-hydrogen) atoms. The van der Waals surface area contributed by atoms with Crippen LogP contribution in [0.5, 0.6) is 0 Å². The minimum Gasteiger partial charge on any atom is -0.330 e. The van der Waals surface area contributed by atoms with E-state index < -0.39 is 0 Å². The summed E-state index contributed by atoms with van der Waals surface area (Å²) in [4.78, 5) is 13.8. The Bertz CT molecular complexity index is 1470. The number of nitrogens with zero attached hydrogens (tertiary/aromatic N) is 5. The van der Waals surface area contributed by atoms with Crippen molar-refractivity contribution in [2.75, 3.05) is 6.54 Å². The van der Waals surface area contributed by atoms with E-state index in [9.17, 15) is 0 Å². The molecule has 5 aromatic rings. The van der Waals surface area contributed by atoms with E-state index in [4.69, 9.17) is 27.4 Å². The molecule has 2 N–H and O–H groups in total. The minimum atomic E-state index is 0.302. The maximum Gasteiger partial charge on any atom is 0.162 e. The van der Waals surface area contributed by atoms with Gasteiger partial charge in [0.25, 0.3) is 0 Å². The topological polar surface area (TPSA) is 82.5 Å². The Balaban J connectivity index is 1.47. The quantitative estimate of drug-likeness (QED) is 0.347. The second-order valence-electron chi connectivity index (χ2n) is 9.05. The predicted molar refractivity (Wildman–Crippen MR) is 137 cm³/mol. The summed E-state index contributed by atoms with van der Waals surface area (Å²) in [5.74, 6) is 0.604. The number of pyridine rings is 1. The van der Waals surface area contributed by atoms with E-state index in [-0.39, 0.29) is 0 Å². The van der Waals surface area contributed by atoms with Crippen molar-refractivity contribution >= 4 is 33.5 Å². The van der Waals surface area contributed by atoms with Gasteiger partial charge in [-0.05, 0) is 56.3 Å². The molecule has 0 unspecified atom stereocenters. The SMILES string of the molecule is NCC1CCC(n2nc(-c3cc4nc(-c5ccccc5)ccc4cc3Cl)c3cncnc32)CC1. The molecular formula is C27H25ClN6. The fourth-order valence-corrected chi connectivity index (χ4v) is 5.32. The molecule has 1 saturated carbocycles. The summed E-state index contributed by atoms with van der Waals surface area (Å²) in [6.07, 6.45) is 7.76. The van der Waals surface area contributed by atoms with Crippen molar-refractivity contribution in [3.8, 4) is 22.5 Å². The molecule has 7 heteroatoms. The molecule has 0 saturated heterocycles. The van der Waals surface area contributed by atoms with Gasteiger partial charge in [0.15, 0.2) is 5.65 Å². The number of hydrogen-bond acceptors (Lipinski definition) is 5. The molecule has 2 aromatic carbocycles. The number of hydrogen-bond donors (Lipinski definition) is 1. The molecule has 1 aliphatic carbocycles. The normalized spacial score (nSPS) is 18.5. The van der Waals surface area contributed by atoms with Crippen LogP contribution in [-0.2, 0) is 0 Å². The van der Waals surface area contributed by atoms with Crippen molar-refractivity contribution in [1.82, 2.24) is 24.7 Å². The first-order valence-electron chi connectivity index (χ1n) is 11.8. The second kappa shape index (κ2) is 8.78.